The van der Waals surface area contributed by atoms with Crippen LogP contribution in [0.5, 0.6) is 5.75 Å². The van der Waals surface area contributed by atoms with Crippen LogP contribution in [0.4, 0.5) is 14.5 Å². The van der Waals surface area contributed by atoms with Crippen LogP contribution < -0.4 is 15.4 Å². The molecule has 0 aromatic heterocycles. The molecule has 1 unspecified atom stereocenters. The number of nitrogens with one attached hydrogen (secondary N) is 2. The number of hydrogen-bond acceptors (Lipinski definition) is 3. The molecule has 2 N–H and O–H groups in total. The normalized spacial score (nSPS) is 18.5. The highest BCUT2D eigenvalue weighted by Crippen LogP contribution is 2.20. The molecule has 6 heteroatoms. The van der Waals surface area contributed by atoms with E-state index in [4.69, 9.17) is 0 Å². The number of carbonyl (C=O) groups excluding carboxylic acids is 1. The molecule has 0 radical (unpaired) electrons. The van der Waals surface area contributed by atoms with Gasteiger partial charge in [-0.25, -0.2) is 0 Å². The largest absolute Gasteiger partial charge is 0.435 e. The molecular formula is C15H20F2N2O2. The zero-order valence-electron chi connectivity index (χ0n) is 11.8. The number of carbonyl (C=O) groups is 1. The van der Waals surface area contributed by atoms with Crippen LogP contribution in [0.3, 0.4) is 0 Å². The maximum Gasteiger partial charge on any atom is 0.387 e. The molecule has 1 aliphatic rings. The number of alkyl halides is 2. The topological polar surface area (TPSA) is 50.4 Å². The maximum atomic E-state index is 12.1. The lowest BCUT2D eigenvalue weighted by molar-refractivity contribution is -0.116. The number of benzene rings is 1. The lowest BCUT2D eigenvalue weighted by Crippen LogP contribution is -2.30. The van der Waals surface area contributed by atoms with Crippen LogP contribution in [0, 0.1) is 5.92 Å². The number of amides is 1. The molecule has 1 heterocycles. The van der Waals surface area contributed by atoms with Gasteiger partial charge in [0.1, 0.15) is 5.75 Å². The van der Waals surface area contributed by atoms with Crippen molar-refractivity contribution < 1.29 is 18.3 Å². The van der Waals surface area contributed by atoms with E-state index in [0.717, 1.165) is 32.4 Å². The first-order valence-electron chi connectivity index (χ1n) is 7.19. The summed E-state index contributed by atoms with van der Waals surface area (Å²) in [6.45, 7) is -0.847. The summed E-state index contributed by atoms with van der Waals surface area (Å²) in [5, 5.41) is 6.03. The second-order valence-corrected chi connectivity index (χ2v) is 5.21. The zero-order valence-corrected chi connectivity index (χ0v) is 11.8. The summed E-state index contributed by atoms with van der Waals surface area (Å²) in [6, 6.07) is 6.04. The van der Waals surface area contributed by atoms with Crippen molar-refractivity contribution in [1.82, 2.24) is 5.32 Å². The Morgan fingerprint density at radius 2 is 2.33 bits per heavy atom. The number of ether oxygens (including phenoxy) is 1. The monoisotopic (exact) mass is 298 g/mol. The summed E-state index contributed by atoms with van der Waals surface area (Å²) in [6.07, 6.45) is 3.58. The fourth-order valence-electron chi connectivity index (χ4n) is 2.48. The minimum absolute atomic E-state index is 0.0410. The van der Waals surface area contributed by atoms with Crippen LogP contribution in [0.25, 0.3) is 0 Å². The predicted molar refractivity (Wildman–Crippen MR) is 76.5 cm³/mol. The van der Waals surface area contributed by atoms with E-state index in [1.54, 1.807) is 12.1 Å². The van der Waals surface area contributed by atoms with E-state index >= 15 is 0 Å². The summed E-state index contributed by atoms with van der Waals surface area (Å²) >= 11 is 0. The van der Waals surface area contributed by atoms with Crippen LogP contribution >= 0.6 is 0 Å². The number of halogens is 2. The first kappa shape index (κ1) is 15.7. The van der Waals surface area contributed by atoms with Gasteiger partial charge in [0.2, 0.25) is 5.91 Å². The van der Waals surface area contributed by atoms with Crippen molar-refractivity contribution in [2.75, 3.05) is 18.4 Å². The Labute approximate surface area is 122 Å². The summed E-state index contributed by atoms with van der Waals surface area (Å²) in [7, 11) is 0. The molecule has 1 aliphatic heterocycles. The van der Waals surface area contributed by atoms with Gasteiger partial charge in [-0.2, -0.15) is 8.78 Å². The van der Waals surface area contributed by atoms with Gasteiger partial charge in [-0.3, -0.25) is 4.79 Å². The molecule has 1 fully saturated rings. The summed E-state index contributed by atoms with van der Waals surface area (Å²) < 4.78 is 28.6. The number of piperidine rings is 1. The lowest BCUT2D eigenvalue weighted by Gasteiger charge is -2.22. The molecule has 0 aliphatic carbocycles. The third kappa shape index (κ3) is 5.67. The Bertz CT molecular complexity index is 463. The van der Waals surface area contributed by atoms with Gasteiger partial charge in [0.25, 0.3) is 0 Å². The Hall–Kier alpha value is -1.69. The molecule has 1 aromatic carbocycles. The van der Waals surface area contributed by atoms with E-state index < -0.39 is 6.61 Å². The van der Waals surface area contributed by atoms with E-state index in [1.807, 2.05) is 0 Å². The molecule has 0 spiro atoms. The molecule has 4 nitrogen and oxygen atoms in total. The lowest BCUT2D eigenvalue weighted by atomic mass is 9.94. The highest BCUT2D eigenvalue weighted by atomic mass is 19.3. The van der Waals surface area contributed by atoms with Gasteiger partial charge in [0, 0.05) is 18.2 Å². The number of anilines is 1. The number of rotatable bonds is 6. The summed E-state index contributed by atoms with van der Waals surface area (Å²) in [5.41, 5.74) is 0.472. The molecule has 2 rings (SSSR count). The molecule has 1 amide bonds. The Balaban J connectivity index is 1.78. The fourth-order valence-corrected chi connectivity index (χ4v) is 2.48. The second kappa shape index (κ2) is 7.93. The van der Waals surface area contributed by atoms with Crippen molar-refractivity contribution >= 4 is 11.6 Å². The van der Waals surface area contributed by atoms with Crippen LogP contribution in [-0.4, -0.2) is 25.6 Å². The fraction of sp³-hybridized carbons (Fsp3) is 0.533. The van der Waals surface area contributed by atoms with Crippen LogP contribution in [0.2, 0.25) is 0 Å². The second-order valence-electron chi connectivity index (χ2n) is 5.21. The predicted octanol–water partition coefficient (Wildman–Crippen LogP) is 3.01. The first-order chi connectivity index (χ1) is 10.1. The SMILES string of the molecule is O=C(CCC1CCCNC1)Nc1cccc(OC(F)F)c1. The van der Waals surface area contributed by atoms with Gasteiger partial charge in [0.05, 0.1) is 0 Å². The van der Waals surface area contributed by atoms with Crippen molar-refractivity contribution in [2.24, 2.45) is 5.92 Å². The molecular weight excluding hydrogens is 278 g/mol. The van der Waals surface area contributed by atoms with Crippen molar-refractivity contribution in [3.8, 4) is 5.75 Å². The highest BCUT2D eigenvalue weighted by molar-refractivity contribution is 5.90. The van der Waals surface area contributed by atoms with Crippen LogP contribution in [0.1, 0.15) is 25.7 Å². The molecule has 21 heavy (non-hydrogen) atoms. The summed E-state index contributed by atoms with van der Waals surface area (Å²) in [5.74, 6) is 0.479. The average molecular weight is 298 g/mol. The molecule has 0 bridgehead atoms. The van der Waals surface area contributed by atoms with E-state index in [-0.39, 0.29) is 11.7 Å². The quantitative estimate of drug-likeness (QED) is 0.849. The molecule has 1 atom stereocenters. The van der Waals surface area contributed by atoms with Gasteiger partial charge < -0.3 is 15.4 Å². The van der Waals surface area contributed by atoms with Crippen molar-refractivity contribution in [3.63, 3.8) is 0 Å². The van der Waals surface area contributed by atoms with Gasteiger partial charge in [-0.1, -0.05) is 6.07 Å². The van der Waals surface area contributed by atoms with Gasteiger partial charge >= 0.3 is 6.61 Å². The zero-order chi connectivity index (χ0) is 15.1. The number of hydrogen-bond donors (Lipinski definition) is 2. The van der Waals surface area contributed by atoms with E-state index in [2.05, 4.69) is 15.4 Å². The van der Waals surface area contributed by atoms with Crippen molar-refractivity contribution in [1.29, 1.82) is 0 Å². The van der Waals surface area contributed by atoms with E-state index in [9.17, 15) is 13.6 Å². The minimum atomic E-state index is -2.87. The van der Waals surface area contributed by atoms with E-state index in [1.165, 1.54) is 12.1 Å². The maximum absolute atomic E-state index is 12.1. The van der Waals surface area contributed by atoms with Gasteiger partial charge in [-0.05, 0) is 50.4 Å². The summed E-state index contributed by atoms with van der Waals surface area (Å²) in [4.78, 5) is 11.9. The standard InChI is InChI=1S/C15H20F2N2O2/c16-15(17)21-13-5-1-4-12(9-13)19-14(20)7-6-11-3-2-8-18-10-11/h1,4-5,9,11,15,18H,2-3,6-8,10H2,(H,19,20). The average Bonchev–Trinajstić information content (AvgIpc) is 2.46. The molecule has 0 saturated carbocycles. The molecule has 116 valence electrons. The molecule has 1 aromatic rings. The van der Waals surface area contributed by atoms with Crippen LogP contribution in [-0.2, 0) is 4.79 Å². The highest BCUT2D eigenvalue weighted by Gasteiger charge is 2.14. The minimum Gasteiger partial charge on any atom is -0.435 e. The Morgan fingerprint density at radius 1 is 1.48 bits per heavy atom. The van der Waals surface area contributed by atoms with Crippen molar-refractivity contribution in [3.05, 3.63) is 24.3 Å². The molecule has 1 saturated heterocycles. The third-order valence-electron chi connectivity index (χ3n) is 3.52. The van der Waals surface area contributed by atoms with Crippen molar-refractivity contribution in [2.45, 2.75) is 32.3 Å². The van der Waals surface area contributed by atoms with Gasteiger partial charge in [-0.15, -0.1) is 0 Å². The first-order valence-corrected chi connectivity index (χ1v) is 7.19. The van der Waals surface area contributed by atoms with Gasteiger partial charge in [0.15, 0.2) is 0 Å². The Morgan fingerprint density at radius 3 is 3.05 bits per heavy atom. The third-order valence-corrected chi connectivity index (χ3v) is 3.52. The van der Waals surface area contributed by atoms with Crippen LogP contribution in [0.15, 0.2) is 24.3 Å². The Kier molecular flexibility index (Phi) is 5.92. The smallest absolute Gasteiger partial charge is 0.387 e. The van der Waals surface area contributed by atoms with E-state index in [0.29, 0.717) is 18.0 Å².